The van der Waals surface area contributed by atoms with Crippen LogP contribution < -0.4 is 0 Å². The minimum Gasteiger partial charge on any atom is -0.480 e. The zero-order chi connectivity index (χ0) is 14.1. The molecule has 0 saturated heterocycles. The third-order valence-electron chi connectivity index (χ3n) is 2.45. The Labute approximate surface area is 119 Å². The zero-order valence-corrected chi connectivity index (χ0v) is 12.8. The lowest BCUT2D eigenvalue weighted by Crippen LogP contribution is -2.40. The Morgan fingerprint density at radius 2 is 2.06 bits per heavy atom. The Morgan fingerprint density at radius 3 is 2.56 bits per heavy atom. The average Bonchev–Trinajstić information content (AvgIpc) is 2.29. The molecule has 0 aliphatic carbocycles. The standard InChI is InChI=1S/C10H11BrClNO4S/c1-6(10(14)15)13(2)18(16,17)9-5-7(12)3-4-8(9)11/h3-6H,1-2H3,(H,14,15). The van der Waals surface area contributed by atoms with Gasteiger partial charge in [-0.15, -0.1) is 0 Å². The summed E-state index contributed by atoms with van der Waals surface area (Å²) in [5.74, 6) is -1.22. The first-order valence-electron chi connectivity index (χ1n) is 4.84. The van der Waals surface area contributed by atoms with E-state index in [2.05, 4.69) is 15.9 Å². The molecule has 1 atom stereocenters. The molecule has 0 amide bonds. The minimum absolute atomic E-state index is 0.0643. The molecule has 100 valence electrons. The van der Waals surface area contributed by atoms with Crippen LogP contribution in [0.3, 0.4) is 0 Å². The molecule has 1 N–H and O–H groups in total. The van der Waals surface area contributed by atoms with E-state index in [-0.39, 0.29) is 9.92 Å². The number of sulfonamides is 1. The van der Waals surface area contributed by atoms with Crippen LogP contribution in [0, 0.1) is 0 Å². The number of likely N-dealkylation sites (N-methyl/N-ethyl adjacent to an activating group) is 1. The molecule has 0 saturated carbocycles. The van der Waals surface area contributed by atoms with Crippen molar-refractivity contribution >= 4 is 43.5 Å². The number of carboxylic acids is 1. The number of hydrogen-bond acceptors (Lipinski definition) is 3. The summed E-state index contributed by atoms with van der Waals surface area (Å²) < 4.78 is 25.6. The van der Waals surface area contributed by atoms with E-state index in [1.54, 1.807) is 0 Å². The van der Waals surface area contributed by atoms with Gasteiger partial charge in [-0.1, -0.05) is 11.6 Å². The molecule has 0 radical (unpaired) electrons. The lowest BCUT2D eigenvalue weighted by molar-refractivity contribution is -0.140. The van der Waals surface area contributed by atoms with E-state index < -0.39 is 22.0 Å². The topological polar surface area (TPSA) is 74.7 Å². The van der Waals surface area contributed by atoms with Gasteiger partial charge in [-0.3, -0.25) is 4.79 Å². The maximum Gasteiger partial charge on any atom is 0.321 e. The third kappa shape index (κ3) is 3.03. The first-order chi connectivity index (χ1) is 8.17. The molecule has 1 aromatic rings. The van der Waals surface area contributed by atoms with Crippen molar-refractivity contribution in [2.75, 3.05) is 7.05 Å². The molecule has 1 rings (SSSR count). The Kier molecular flexibility index (Phi) is 4.77. The Morgan fingerprint density at radius 1 is 1.50 bits per heavy atom. The van der Waals surface area contributed by atoms with Crippen LogP contribution in [0.2, 0.25) is 5.02 Å². The van der Waals surface area contributed by atoms with Gasteiger partial charge in [0.05, 0.1) is 4.90 Å². The van der Waals surface area contributed by atoms with Crippen molar-refractivity contribution in [2.45, 2.75) is 17.9 Å². The van der Waals surface area contributed by atoms with Gasteiger partial charge in [0, 0.05) is 16.5 Å². The summed E-state index contributed by atoms with van der Waals surface area (Å²) in [7, 11) is -2.71. The fraction of sp³-hybridized carbons (Fsp3) is 0.300. The summed E-state index contributed by atoms with van der Waals surface area (Å²) in [4.78, 5) is 10.8. The van der Waals surface area contributed by atoms with Crippen molar-refractivity contribution in [3.63, 3.8) is 0 Å². The summed E-state index contributed by atoms with van der Waals surface area (Å²) in [6, 6.07) is 3.13. The monoisotopic (exact) mass is 355 g/mol. The number of hydrogen-bond donors (Lipinski definition) is 1. The summed E-state index contributed by atoms with van der Waals surface area (Å²) in [5, 5.41) is 9.10. The number of aliphatic carboxylic acids is 1. The highest BCUT2D eigenvalue weighted by Gasteiger charge is 2.30. The molecule has 0 aliphatic rings. The molecule has 1 unspecified atom stereocenters. The number of carboxylic acid groups (broad SMARTS) is 1. The predicted octanol–water partition coefficient (Wildman–Crippen LogP) is 2.20. The van der Waals surface area contributed by atoms with Crippen molar-refractivity contribution in [3.05, 3.63) is 27.7 Å². The van der Waals surface area contributed by atoms with Crippen molar-refractivity contribution in [2.24, 2.45) is 0 Å². The third-order valence-corrected chi connectivity index (χ3v) is 5.61. The first kappa shape index (κ1) is 15.4. The fourth-order valence-electron chi connectivity index (χ4n) is 1.19. The molecular formula is C10H11BrClNO4S. The van der Waals surface area contributed by atoms with Crippen molar-refractivity contribution < 1.29 is 18.3 Å². The van der Waals surface area contributed by atoms with E-state index in [9.17, 15) is 13.2 Å². The van der Waals surface area contributed by atoms with E-state index in [0.29, 0.717) is 4.47 Å². The second-order valence-corrected chi connectivity index (χ2v) is 6.87. The minimum atomic E-state index is -3.92. The summed E-state index contributed by atoms with van der Waals surface area (Å²) >= 11 is 8.86. The SMILES string of the molecule is CC(C(=O)O)N(C)S(=O)(=O)c1cc(Cl)ccc1Br. The summed E-state index contributed by atoms with van der Waals surface area (Å²) in [6.45, 7) is 1.29. The molecule has 18 heavy (non-hydrogen) atoms. The highest BCUT2D eigenvalue weighted by Crippen LogP contribution is 2.28. The van der Waals surface area contributed by atoms with Crippen LogP contribution >= 0.6 is 27.5 Å². The summed E-state index contributed by atoms with van der Waals surface area (Å²) in [6.07, 6.45) is 0. The van der Waals surface area contributed by atoms with E-state index in [4.69, 9.17) is 16.7 Å². The van der Waals surface area contributed by atoms with Crippen LogP contribution in [0.4, 0.5) is 0 Å². The van der Waals surface area contributed by atoms with Gasteiger partial charge in [-0.25, -0.2) is 8.42 Å². The fourth-order valence-corrected chi connectivity index (χ4v) is 3.70. The normalized spacial score (nSPS) is 13.6. The van der Waals surface area contributed by atoms with Gasteiger partial charge in [0.2, 0.25) is 10.0 Å². The smallest absolute Gasteiger partial charge is 0.321 e. The number of benzene rings is 1. The van der Waals surface area contributed by atoms with Gasteiger partial charge in [0.15, 0.2) is 0 Å². The number of rotatable bonds is 4. The number of nitrogens with zero attached hydrogens (tertiary/aromatic N) is 1. The Bertz CT molecular complexity index is 575. The van der Waals surface area contributed by atoms with Crippen LogP contribution in [0.1, 0.15) is 6.92 Å². The first-order valence-corrected chi connectivity index (χ1v) is 7.45. The predicted molar refractivity (Wildman–Crippen MR) is 71.2 cm³/mol. The molecule has 1 aromatic carbocycles. The highest BCUT2D eigenvalue weighted by atomic mass is 79.9. The number of carbonyl (C=O) groups is 1. The maximum atomic E-state index is 12.2. The molecular weight excluding hydrogens is 346 g/mol. The largest absolute Gasteiger partial charge is 0.480 e. The van der Waals surface area contributed by atoms with E-state index in [0.717, 1.165) is 4.31 Å². The van der Waals surface area contributed by atoms with Gasteiger partial charge in [0.25, 0.3) is 0 Å². The highest BCUT2D eigenvalue weighted by molar-refractivity contribution is 9.10. The average molecular weight is 357 g/mol. The second-order valence-electron chi connectivity index (χ2n) is 3.61. The van der Waals surface area contributed by atoms with E-state index >= 15 is 0 Å². The zero-order valence-electron chi connectivity index (χ0n) is 9.59. The van der Waals surface area contributed by atoms with Gasteiger partial charge < -0.3 is 5.11 Å². The molecule has 0 aromatic heterocycles. The number of halogens is 2. The van der Waals surface area contributed by atoms with Crippen LogP contribution in [0.15, 0.2) is 27.6 Å². The maximum absolute atomic E-state index is 12.2. The van der Waals surface area contributed by atoms with Crippen LogP contribution in [0.5, 0.6) is 0 Å². The molecule has 0 fully saturated rings. The molecule has 8 heteroatoms. The molecule has 0 spiro atoms. The van der Waals surface area contributed by atoms with E-state index in [1.807, 2.05) is 0 Å². The quantitative estimate of drug-likeness (QED) is 0.897. The second kappa shape index (κ2) is 5.56. The molecule has 5 nitrogen and oxygen atoms in total. The van der Waals surface area contributed by atoms with Crippen molar-refractivity contribution in [1.82, 2.24) is 4.31 Å². The lowest BCUT2D eigenvalue weighted by atomic mass is 10.4. The molecule has 0 aliphatic heterocycles. The van der Waals surface area contributed by atoms with Gasteiger partial charge in [-0.05, 0) is 41.1 Å². The Balaban J connectivity index is 3.29. The Hall–Kier alpha value is -0.630. The van der Waals surface area contributed by atoms with Crippen LogP contribution in [-0.2, 0) is 14.8 Å². The van der Waals surface area contributed by atoms with Crippen LogP contribution in [-0.4, -0.2) is 36.9 Å². The van der Waals surface area contributed by atoms with Gasteiger partial charge in [-0.2, -0.15) is 4.31 Å². The summed E-state index contributed by atoms with van der Waals surface area (Å²) in [5.41, 5.74) is 0. The van der Waals surface area contributed by atoms with Crippen LogP contribution in [0.25, 0.3) is 0 Å². The molecule has 0 bridgehead atoms. The lowest BCUT2D eigenvalue weighted by Gasteiger charge is -2.21. The van der Waals surface area contributed by atoms with Gasteiger partial charge in [0.1, 0.15) is 6.04 Å². The van der Waals surface area contributed by atoms with Crippen molar-refractivity contribution in [1.29, 1.82) is 0 Å². The van der Waals surface area contributed by atoms with Crippen molar-refractivity contribution in [3.8, 4) is 0 Å². The van der Waals surface area contributed by atoms with E-state index in [1.165, 1.54) is 32.2 Å². The molecule has 0 heterocycles. The van der Waals surface area contributed by atoms with Gasteiger partial charge >= 0.3 is 5.97 Å².